The Bertz CT molecular complexity index is 1200. The molecule has 0 bridgehead atoms. The molecule has 1 aromatic heterocycles. The number of aromatic nitrogens is 1. The van der Waals surface area contributed by atoms with Crippen LogP contribution in [0.5, 0.6) is 0 Å². The van der Waals surface area contributed by atoms with Crippen molar-refractivity contribution in [3.05, 3.63) is 77.6 Å². The summed E-state index contributed by atoms with van der Waals surface area (Å²) in [6.07, 6.45) is 1.36. The Labute approximate surface area is 175 Å². The van der Waals surface area contributed by atoms with Gasteiger partial charge in [-0.3, -0.25) is 9.59 Å². The molecule has 0 radical (unpaired) electrons. The quantitative estimate of drug-likeness (QED) is 0.563. The largest absolute Gasteiger partial charge is 0.345 e. The molecule has 3 N–H and O–H groups in total. The average Bonchev–Trinajstić information content (AvgIpc) is 3.13. The molecule has 156 valence electrons. The third-order valence-electron chi connectivity index (χ3n) is 4.65. The second-order valence-corrected chi connectivity index (χ2v) is 8.52. The van der Waals surface area contributed by atoms with E-state index in [0.29, 0.717) is 22.5 Å². The van der Waals surface area contributed by atoms with E-state index < -0.39 is 15.9 Å². The second-order valence-electron chi connectivity index (χ2n) is 6.63. The lowest BCUT2D eigenvalue weighted by Gasteiger charge is -2.13. The van der Waals surface area contributed by atoms with E-state index in [9.17, 15) is 18.0 Å². The first-order valence-electron chi connectivity index (χ1n) is 9.10. The van der Waals surface area contributed by atoms with Crippen LogP contribution in [0.3, 0.4) is 0 Å². The number of rotatable bonds is 6. The van der Waals surface area contributed by atoms with E-state index in [1.165, 1.54) is 23.9 Å². The Morgan fingerprint density at radius 1 is 0.933 bits per heavy atom. The molecule has 9 heteroatoms. The van der Waals surface area contributed by atoms with Crippen LogP contribution in [0, 0.1) is 6.92 Å². The van der Waals surface area contributed by atoms with Crippen LogP contribution in [-0.2, 0) is 17.1 Å². The SMILES string of the molecule is CNS(=O)(=O)c1cc(C(=O)Nc2cccc(C(=O)Nc3ccccc3)c2C)n(C)c1. The van der Waals surface area contributed by atoms with Crippen molar-refractivity contribution < 1.29 is 18.0 Å². The summed E-state index contributed by atoms with van der Waals surface area (Å²) >= 11 is 0. The monoisotopic (exact) mass is 426 g/mol. The molecule has 0 saturated heterocycles. The molecule has 0 aliphatic carbocycles. The fraction of sp³-hybridized carbons (Fsp3) is 0.143. The van der Waals surface area contributed by atoms with Crippen LogP contribution in [0.1, 0.15) is 26.4 Å². The van der Waals surface area contributed by atoms with Gasteiger partial charge in [0.25, 0.3) is 11.8 Å². The van der Waals surface area contributed by atoms with Gasteiger partial charge >= 0.3 is 0 Å². The number of amides is 2. The van der Waals surface area contributed by atoms with E-state index in [2.05, 4.69) is 15.4 Å². The summed E-state index contributed by atoms with van der Waals surface area (Å²) in [6, 6.07) is 15.4. The molecule has 0 saturated carbocycles. The van der Waals surface area contributed by atoms with Crippen LogP contribution >= 0.6 is 0 Å². The number of anilines is 2. The first kappa shape index (κ1) is 21.3. The Kier molecular flexibility index (Phi) is 6.04. The maximum absolute atomic E-state index is 12.7. The van der Waals surface area contributed by atoms with Crippen molar-refractivity contribution in [2.45, 2.75) is 11.8 Å². The number of sulfonamides is 1. The number of benzene rings is 2. The van der Waals surface area contributed by atoms with Crippen molar-refractivity contribution in [2.24, 2.45) is 7.05 Å². The summed E-state index contributed by atoms with van der Waals surface area (Å²) in [5.41, 5.74) is 2.30. The van der Waals surface area contributed by atoms with Crippen LogP contribution in [0.2, 0.25) is 0 Å². The average molecular weight is 426 g/mol. The summed E-state index contributed by atoms with van der Waals surface area (Å²) in [6.45, 7) is 1.73. The highest BCUT2D eigenvalue weighted by Crippen LogP contribution is 2.22. The molecule has 2 aromatic carbocycles. The van der Waals surface area contributed by atoms with Gasteiger partial charge in [0, 0.05) is 30.2 Å². The first-order valence-corrected chi connectivity index (χ1v) is 10.6. The summed E-state index contributed by atoms with van der Waals surface area (Å²) in [5, 5.41) is 5.57. The van der Waals surface area contributed by atoms with Crippen molar-refractivity contribution in [2.75, 3.05) is 17.7 Å². The van der Waals surface area contributed by atoms with Crippen LogP contribution in [0.4, 0.5) is 11.4 Å². The van der Waals surface area contributed by atoms with Crippen molar-refractivity contribution >= 4 is 33.2 Å². The van der Waals surface area contributed by atoms with Gasteiger partial charge in [0.1, 0.15) is 10.6 Å². The molecule has 3 rings (SSSR count). The van der Waals surface area contributed by atoms with E-state index in [0.717, 1.165) is 0 Å². The lowest BCUT2D eigenvalue weighted by Crippen LogP contribution is -2.18. The van der Waals surface area contributed by atoms with E-state index >= 15 is 0 Å². The number of hydrogen-bond acceptors (Lipinski definition) is 4. The van der Waals surface area contributed by atoms with Crippen LogP contribution in [0.25, 0.3) is 0 Å². The number of nitrogens with zero attached hydrogens (tertiary/aromatic N) is 1. The highest BCUT2D eigenvalue weighted by molar-refractivity contribution is 7.89. The number of nitrogens with one attached hydrogen (secondary N) is 3. The smallest absolute Gasteiger partial charge is 0.272 e. The zero-order valence-corrected chi connectivity index (χ0v) is 17.6. The maximum atomic E-state index is 12.7. The standard InChI is InChI=1S/C21H22N4O4S/c1-14-17(20(26)23-15-8-5-4-6-9-15)10-7-11-18(14)24-21(27)19-12-16(13-25(19)3)30(28,29)22-2/h4-13,22H,1-3H3,(H,23,26)(H,24,27). The van der Waals surface area contributed by atoms with Crippen molar-refractivity contribution in [3.63, 3.8) is 0 Å². The van der Waals surface area contributed by atoms with Crippen LogP contribution in [-0.4, -0.2) is 31.8 Å². The molecule has 0 unspecified atom stereocenters. The Morgan fingerprint density at radius 2 is 1.63 bits per heavy atom. The lowest BCUT2D eigenvalue weighted by molar-refractivity contribution is 0.101. The van der Waals surface area contributed by atoms with E-state index in [1.54, 1.807) is 44.3 Å². The summed E-state index contributed by atoms with van der Waals surface area (Å²) in [5.74, 6) is -0.783. The lowest BCUT2D eigenvalue weighted by atomic mass is 10.1. The van der Waals surface area contributed by atoms with Gasteiger partial charge in [0.2, 0.25) is 10.0 Å². The fourth-order valence-corrected chi connectivity index (χ4v) is 3.75. The molecule has 1 heterocycles. The molecule has 0 aliphatic heterocycles. The third-order valence-corrected chi connectivity index (χ3v) is 6.03. The topological polar surface area (TPSA) is 109 Å². The number of aryl methyl sites for hydroxylation is 1. The third kappa shape index (κ3) is 4.42. The minimum absolute atomic E-state index is 0.00892. The molecule has 8 nitrogen and oxygen atoms in total. The Balaban J connectivity index is 1.83. The highest BCUT2D eigenvalue weighted by atomic mass is 32.2. The molecule has 0 atom stereocenters. The zero-order chi connectivity index (χ0) is 21.9. The zero-order valence-electron chi connectivity index (χ0n) is 16.8. The molecule has 2 amide bonds. The minimum Gasteiger partial charge on any atom is -0.345 e. The molecular weight excluding hydrogens is 404 g/mol. The fourth-order valence-electron chi connectivity index (χ4n) is 2.95. The van der Waals surface area contributed by atoms with E-state index in [4.69, 9.17) is 0 Å². The summed E-state index contributed by atoms with van der Waals surface area (Å²) < 4.78 is 27.6. The number of hydrogen-bond donors (Lipinski definition) is 3. The van der Waals surface area contributed by atoms with Gasteiger partial charge in [-0.2, -0.15) is 0 Å². The van der Waals surface area contributed by atoms with Gasteiger partial charge < -0.3 is 15.2 Å². The molecule has 0 aliphatic rings. The summed E-state index contributed by atoms with van der Waals surface area (Å²) in [4.78, 5) is 25.4. The Morgan fingerprint density at radius 3 is 2.30 bits per heavy atom. The van der Waals surface area contributed by atoms with Crippen LogP contribution in [0.15, 0.2) is 65.7 Å². The van der Waals surface area contributed by atoms with Gasteiger partial charge in [-0.15, -0.1) is 0 Å². The Hall–Kier alpha value is -3.43. The van der Waals surface area contributed by atoms with Crippen molar-refractivity contribution in [1.29, 1.82) is 0 Å². The van der Waals surface area contributed by atoms with Gasteiger partial charge in [0.05, 0.1) is 0 Å². The first-order chi connectivity index (χ1) is 14.2. The molecular formula is C21H22N4O4S. The van der Waals surface area contributed by atoms with E-state index in [-0.39, 0.29) is 16.5 Å². The predicted octanol–water partition coefficient (Wildman–Crippen LogP) is 2.75. The van der Waals surface area contributed by atoms with Gasteiger partial charge in [-0.1, -0.05) is 24.3 Å². The molecule has 0 fully saturated rings. The molecule has 30 heavy (non-hydrogen) atoms. The highest BCUT2D eigenvalue weighted by Gasteiger charge is 2.20. The second kappa shape index (κ2) is 8.52. The van der Waals surface area contributed by atoms with Gasteiger partial charge in [-0.25, -0.2) is 13.1 Å². The molecule has 0 spiro atoms. The maximum Gasteiger partial charge on any atom is 0.272 e. The molecule has 3 aromatic rings. The summed E-state index contributed by atoms with van der Waals surface area (Å²) in [7, 11) is -0.779. The van der Waals surface area contributed by atoms with E-state index in [1.807, 2.05) is 18.2 Å². The normalized spacial score (nSPS) is 11.2. The van der Waals surface area contributed by atoms with Crippen LogP contribution < -0.4 is 15.4 Å². The van der Waals surface area contributed by atoms with Crippen molar-refractivity contribution in [3.8, 4) is 0 Å². The van der Waals surface area contributed by atoms with Crippen molar-refractivity contribution in [1.82, 2.24) is 9.29 Å². The van der Waals surface area contributed by atoms with Gasteiger partial charge in [-0.05, 0) is 49.9 Å². The minimum atomic E-state index is -3.67. The number of carbonyl (C=O) groups is 2. The number of para-hydroxylation sites is 1. The predicted molar refractivity (Wildman–Crippen MR) is 115 cm³/mol. The van der Waals surface area contributed by atoms with Gasteiger partial charge in [0.15, 0.2) is 0 Å². The number of carbonyl (C=O) groups excluding carboxylic acids is 2.